The largest absolute Gasteiger partial charge is 0.374 e. The molecule has 2 aliphatic heterocycles. The molecule has 3 amide bonds. The van der Waals surface area contributed by atoms with E-state index >= 15 is 0 Å². The van der Waals surface area contributed by atoms with E-state index in [1.165, 1.54) is 0 Å². The third-order valence-electron chi connectivity index (χ3n) is 5.59. The summed E-state index contributed by atoms with van der Waals surface area (Å²) in [5.41, 5.74) is 1.91. The Morgan fingerprint density at radius 3 is 3.04 bits per heavy atom. The van der Waals surface area contributed by atoms with Crippen LogP contribution in [0.3, 0.4) is 0 Å². The molecule has 1 saturated heterocycles. The van der Waals surface area contributed by atoms with Gasteiger partial charge >= 0.3 is 6.03 Å². The summed E-state index contributed by atoms with van der Waals surface area (Å²) in [7, 11) is 0. The van der Waals surface area contributed by atoms with E-state index in [-0.39, 0.29) is 24.1 Å². The number of morpholine rings is 1. The highest BCUT2D eigenvalue weighted by Crippen LogP contribution is 2.29. The highest BCUT2D eigenvalue weighted by molar-refractivity contribution is 5.96. The average molecular weight is 343 g/mol. The van der Waals surface area contributed by atoms with Crippen LogP contribution in [0.2, 0.25) is 0 Å². The fourth-order valence-electron chi connectivity index (χ4n) is 4.26. The van der Waals surface area contributed by atoms with Gasteiger partial charge in [0.05, 0.1) is 18.8 Å². The molecule has 0 bridgehead atoms. The first-order valence-corrected chi connectivity index (χ1v) is 9.27. The maximum Gasteiger partial charge on any atom is 0.317 e. The Bertz CT molecular complexity index is 663. The van der Waals surface area contributed by atoms with Crippen molar-refractivity contribution in [2.45, 2.75) is 37.8 Å². The lowest BCUT2D eigenvalue weighted by atomic mass is 9.99. The number of carbonyl (C=O) groups excluding carboxylic acids is 2. The van der Waals surface area contributed by atoms with Gasteiger partial charge in [-0.15, -0.1) is 0 Å². The van der Waals surface area contributed by atoms with E-state index in [1.54, 1.807) is 0 Å². The predicted molar refractivity (Wildman–Crippen MR) is 93.5 cm³/mol. The molecule has 3 aliphatic rings. The zero-order valence-electron chi connectivity index (χ0n) is 14.4. The quantitative estimate of drug-likeness (QED) is 0.908. The van der Waals surface area contributed by atoms with Gasteiger partial charge in [0.25, 0.3) is 5.91 Å². The van der Waals surface area contributed by atoms with Crippen LogP contribution in [0.1, 0.15) is 35.2 Å². The minimum atomic E-state index is -0.0231. The summed E-state index contributed by atoms with van der Waals surface area (Å²) in [6.45, 7) is 3.03. The number of fused-ring (bicyclic) bond motifs is 2. The molecule has 6 heteroatoms. The molecule has 1 aromatic rings. The minimum absolute atomic E-state index is 0.0231. The van der Waals surface area contributed by atoms with Gasteiger partial charge in [0.2, 0.25) is 0 Å². The molecule has 0 spiro atoms. The van der Waals surface area contributed by atoms with Crippen LogP contribution >= 0.6 is 0 Å². The standard InChI is InChI=1S/C19H25N3O3/c23-18-15-5-2-1-4-14(15)8-10-21(18)11-9-20-19(24)22-12-13-25-17-7-3-6-16(17)22/h1-2,4-5,16-17H,3,6-13H2,(H,20,24)/t16-,17+/m1/s1. The van der Waals surface area contributed by atoms with Gasteiger partial charge in [0.15, 0.2) is 0 Å². The second-order valence-corrected chi connectivity index (χ2v) is 7.03. The zero-order chi connectivity index (χ0) is 17.2. The number of ether oxygens (including phenoxy) is 1. The third-order valence-corrected chi connectivity index (χ3v) is 5.59. The Morgan fingerprint density at radius 2 is 2.12 bits per heavy atom. The summed E-state index contributed by atoms with van der Waals surface area (Å²) in [5, 5.41) is 2.99. The Labute approximate surface area is 148 Å². The van der Waals surface area contributed by atoms with Crippen molar-refractivity contribution in [3.8, 4) is 0 Å². The summed E-state index contributed by atoms with van der Waals surface area (Å²) in [5.74, 6) is 0.0679. The van der Waals surface area contributed by atoms with E-state index in [2.05, 4.69) is 5.32 Å². The van der Waals surface area contributed by atoms with Gasteiger partial charge in [0, 0.05) is 31.7 Å². The topological polar surface area (TPSA) is 61.9 Å². The van der Waals surface area contributed by atoms with Crippen LogP contribution in [0.4, 0.5) is 4.79 Å². The van der Waals surface area contributed by atoms with E-state index < -0.39 is 0 Å². The van der Waals surface area contributed by atoms with E-state index in [4.69, 9.17) is 4.74 Å². The first-order valence-electron chi connectivity index (χ1n) is 9.27. The smallest absolute Gasteiger partial charge is 0.317 e. The van der Waals surface area contributed by atoms with Crippen molar-refractivity contribution in [2.24, 2.45) is 0 Å². The SMILES string of the molecule is O=C1c2ccccc2CCN1CCNC(=O)N1CCO[C@H]2CCC[C@H]21. The Morgan fingerprint density at radius 1 is 1.24 bits per heavy atom. The fraction of sp³-hybridized carbons (Fsp3) is 0.579. The molecular weight excluding hydrogens is 318 g/mol. The van der Waals surface area contributed by atoms with E-state index in [1.807, 2.05) is 34.1 Å². The molecule has 2 atom stereocenters. The molecular formula is C19H25N3O3. The lowest BCUT2D eigenvalue weighted by molar-refractivity contribution is -0.0382. The van der Waals surface area contributed by atoms with Crippen LogP contribution in [-0.2, 0) is 11.2 Å². The van der Waals surface area contributed by atoms with E-state index in [0.29, 0.717) is 32.8 Å². The van der Waals surface area contributed by atoms with Gasteiger partial charge < -0.3 is 19.9 Å². The second kappa shape index (κ2) is 7.04. The molecule has 2 fully saturated rings. The fourth-order valence-corrected chi connectivity index (χ4v) is 4.26. The number of rotatable bonds is 3. The highest BCUT2D eigenvalue weighted by atomic mass is 16.5. The Kier molecular flexibility index (Phi) is 4.61. The summed E-state index contributed by atoms with van der Waals surface area (Å²) in [6, 6.07) is 7.97. The lowest BCUT2D eigenvalue weighted by Gasteiger charge is -2.37. The molecule has 25 heavy (non-hydrogen) atoms. The van der Waals surface area contributed by atoms with Crippen LogP contribution in [-0.4, -0.2) is 66.7 Å². The van der Waals surface area contributed by atoms with Crippen LogP contribution in [0, 0.1) is 0 Å². The van der Waals surface area contributed by atoms with Crippen molar-refractivity contribution < 1.29 is 14.3 Å². The molecule has 1 N–H and O–H groups in total. The first-order chi connectivity index (χ1) is 12.2. The maximum absolute atomic E-state index is 12.5. The van der Waals surface area contributed by atoms with E-state index in [9.17, 15) is 9.59 Å². The third kappa shape index (κ3) is 3.23. The minimum Gasteiger partial charge on any atom is -0.374 e. The lowest BCUT2D eigenvalue weighted by Crippen LogP contribution is -2.55. The number of amides is 3. The average Bonchev–Trinajstić information content (AvgIpc) is 3.12. The van der Waals surface area contributed by atoms with Crippen molar-refractivity contribution in [1.82, 2.24) is 15.1 Å². The molecule has 0 unspecified atom stereocenters. The van der Waals surface area contributed by atoms with Gasteiger partial charge in [-0.1, -0.05) is 18.2 Å². The summed E-state index contributed by atoms with van der Waals surface area (Å²) in [4.78, 5) is 28.8. The summed E-state index contributed by atoms with van der Waals surface area (Å²) in [6.07, 6.45) is 4.29. The van der Waals surface area contributed by atoms with Crippen molar-refractivity contribution in [3.63, 3.8) is 0 Å². The number of carbonyl (C=O) groups is 2. The van der Waals surface area contributed by atoms with Gasteiger partial charge in [-0.05, 0) is 37.3 Å². The van der Waals surface area contributed by atoms with Crippen LogP contribution < -0.4 is 5.32 Å². The Hall–Kier alpha value is -2.08. The number of hydrogen-bond donors (Lipinski definition) is 1. The number of nitrogens with zero attached hydrogens (tertiary/aromatic N) is 2. The molecule has 1 saturated carbocycles. The number of nitrogens with one attached hydrogen (secondary N) is 1. The Balaban J connectivity index is 1.29. The van der Waals surface area contributed by atoms with Crippen molar-refractivity contribution >= 4 is 11.9 Å². The number of benzene rings is 1. The second-order valence-electron chi connectivity index (χ2n) is 7.03. The zero-order valence-corrected chi connectivity index (χ0v) is 14.4. The molecule has 134 valence electrons. The predicted octanol–water partition coefficient (Wildman–Crippen LogP) is 1.65. The van der Waals surface area contributed by atoms with Gasteiger partial charge in [-0.3, -0.25) is 4.79 Å². The molecule has 1 aliphatic carbocycles. The van der Waals surface area contributed by atoms with Gasteiger partial charge in [-0.2, -0.15) is 0 Å². The van der Waals surface area contributed by atoms with Crippen LogP contribution in [0.25, 0.3) is 0 Å². The van der Waals surface area contributed by atoms with Crippen molar-refractivity contribution in [1.29, 1.82) is 0 Å². The van der Waals surface area contributed by atoms with E-state index in [0.717, 1.165) is 36.8 Å². The van der Waals surface area contributed by atoms with Crippen molar-refractivity contribution in [2.75, 3.05) is 32.8 Å². The maximum atomic E-state index is 12.5. The van der Waals surface area contributed by atoms with Gasteiger partial charge in [0.1, 0.15) is 0 Å². The summed E-state index contributed by atoms with van der Waals surface area (Å²) >= 11 is 0. The highest BCUT2D eigenvalue weighted by Gasteiger charge is 2.38. The van der Waals surface area contributed by atoms with Crippen LogP contribution in [0.5, 0.6) is 0 Å². The molecule has 1 aromatic carbocycles. The number of urea groups is 1. The monoisotopic (exact) mass is 343 g/mol. The van der Waals surface area contributed by atoms with Crippen molar-refractivity contribution in [3.05, 3.63) is 35.4 Å². The molecule has 2 heterocycles. The first kappa shape index (κ1) is 16.4. The number of hydrogen-bond acceptors (Lipinski definition) is 3. The summed E-state index contributed by atoms with van der Waals surface area (Å²) < 4.78 is 5.75. The molecule has 4 rings (SSSR count). The molecule has 0 radical (unpaired) electrons. The van der Waals surface area contributed by atoms with Gasteiger partial charge in [-0.25, -0.2) is 4.79 Å². The molecule has 0 aromatic heterocycles. The normalized spacial score (nSPS) is 25.5. The molecule has 6 nitrogen and oxygen atoms in total. The van der Waals surface area contributed by atoms with Crippen LogP contribution in [0.15, 0.2) is 24.3 Å².